The maximum absolute atomic E-state index is 11.4. The highest BCUT2D eigenvalue weighted by Crippen LogP contribution is 2.07. The van der Waals surface area contributed by atoms with Gasteiger partial charge >= 0.3 is 12.0 Å². The van der Waals surface area contributed by atoms with Gasteiger partial charge in [0.2, 0.25) is 0 Å². The lowest BCUT2D eigenvalue weighted by Crippen LogP contribution is -2.49. The second-order valence-electron chi connectivity index (χ2n) is 4.06. The van der Waals surface area contributed by atoms with Crippen LogP contribution in [0.25, 0.3) is 0 Å². The molecule has 4 N–H and O–H groups in total. The maximum Gasteiger partial charge on any atom is 0.326 e. The van der Waals surface area contributed by atoms with Crippen molar-refractivity contribution in [3.05, 3.63) is 0 Å². The van der Waals surface area contributed by atoms with E-state index in [0.29, 0.717) is 13.0 Å². The molecule has 0 aromatic rings. The average molecular weight is 245 g/mol. The summed E-state index contributed by atoms with van der Waals surface area (Å²) in [6.45, 7) is 5.04. The summed E-state index contributed by atoms with van der Waals surface area (Å²) >= 11 is 0. The van der Waals surface area contributed by atoms with E-state index < -0.39 is 18.0 Å². The number of hydrogen-bond donors (Lipinski definition) is 4. The van der Waals surface area contributed by atoms with E-state index in [-0.39, 0.29) is 5.92 Å². The van der Waals surface area contributed by atoms with Crippen LogP contribution < -0.4 is 16.0 Å². The van der Waals surface area contributed by atoms with Crippen molar-refractivity contribution in [1.82, 2.24) is 16.0 Å². The highest BCUT2D eigenvalue weighted by Gasteiger charge is 2.24. The second-order valence-corrected chi connectivity index (χ2v) is 4.06. The van der Waals surface area contributed by atoms with E-state index in [2.05, 4.69) is 16.0 Å². The van der Waals surface area contributed by atoms with Gasteiger partial charge in [0.25, 0.3) is 0 Å². The van der Waals surface area contributed by atoms with E-state index >= 15 is 0 Å². The third kappa shape index (κ3) is 6.78. The lowest BCUT2D eigenvalue weighted by molar-refractivity contribution is -0.140. The van der Waals surface area contributed by atoms with Gasteiger partial charge in [-0.05, 0) is 25.9 Å². The van der Waals surface area contributed by atoms with Gasteiger partial charge in [-0.1, -0.05) is 20.3 Å². The summed E-state index contributed by atoms with van der Waals surface area (Å²) in [5, 5.41) is 17.0. The molecule has 6 nitrogen and oxygen atoms in total. The Morgan fingerprint density at radius 3 is 2.41 bits per heavy atom. The van der Waals surface area contributed by atoms with E-state index in [1.165, 1.54) is 0 Å². The Labute approximate surface area is 102 Å². The van der Waals surface area contributed by atoms with E-state index in [4.69, 9.17) is 5.11 Å². The molecule has 0 heterocycles. The van der Waals surface area contributed by atoms with Crippen molar-refractivity contribution in [1.29, 1.82) is 0 Å². The molecular weight excluding hydrogens is 222 g/mol. The maximum atomic E-state index is 11.4. The molecule has 0 aromatic heterocycles. The summed E-state index contributed by atoms with van der Waals surface area (Å²) in [4.78, 5) is 22.4. The molecule has 0 aliphatic heterocycles. The van der Waals surface area contributed by atoms with Gasteiger partial charge in [-0.15, -0.1) is 0 Å². The molecule has 0 aliphatic rings. The molecule has 0 saturated heterocycles. The van der Waals surface area contributed by atoms with Gasteiger partial charge in [0, 0.05) is 6.54 Å². The van der Waals surface area contributed by atoms with E-state index in [1.807, 2.05) is 14.0 Å². The van der Waals surface area contributed by atoms with E-state index in [9.17, 15) is 9.59 Å². The molecular formula is C11H23N3O3. The van der Waals surface area contributed by atoms with Gasteiger partial charge in [-0.3, -0.25) is 0 Å². The number of carboxylic acids is 1. The van der Waals surface area contributed by atoms with Crippen LogP contribution >= 0.6 is 0 Å². The predicted octanol–water partition coefficient (Wildman–Crippen LogP) is 0.394. The lowest BCUT2D eigenvalue weighted by atomic mass is 9.99. The largest absolute Gasteiger partial charge is 0.480 e. The number of nitrogens with one attached hydrogen (secondary N) is 3. The van der Waals surface area contributed by atoms with Crippen LogP contribution in [0.5, 0.6) is 0 Å². The first kappa shape index (κ1) is 15.7. The second kappa shape index (κ2) is 8.81. The molecule has 6 heteroatoms. The summed E-state index contributed by atoms with van der Waals surface area (Å²) in [7, 11) is 1.84. The van der Waals surface area contributed by atoms with Crippen LogP contribution in [0, 0.1) is 5.92 Å². The van der Waals surface area contributed by atoms with Crippen LogP contribution in [-0.2, 0) is 4.79 Å². The van der Waals surface area contributed by atoms with Crippen molar-refractivity contribution < 1.29 is 14.7 Å². The minimum absolute atomic E-state index is 0.0874. The van der Waals surface area contributed by atoms with Crippen LogP contribution in [0.2, 0.25) is 0 Å². The molecule has 0 fully saturated rings. The highest BCUT2D eigenvalue weighted by atomic mass is 16.4. The van der Waals surface area contributed by atoms with Crippen molar-refractivity contribution in [2.24, 2.45) is 5.92 Å². The third-order valence-electron chi connectivity index (χ3n) is 2.65. The Morgan fingerprint density at radius 1 is 1.29 bits per heavy atom. The number of rotatable bonds is 8. The summed E-state index contributed by atoms with van der Waals surface area (Å²) in [6.07, 6.45) is 1.52. The van der Waals surface area contributed by atoms with Gasteiger partial charge in [0.05, 0.1) is 0 Å². The summed E-state index contributed by atoms with van der Waals surface area (Å²) in [5.74, 6) is -1.08. The summed E-state index contributed by atoms with van der Waals surface area (Å²) < 4.78 is 0. The zero-order chi connectivity index (χ0) is 13.3. The molecule has 0 spiro atoms. The standard InChI is InChI=1S/C11H23N3O3/c1-4-8(2)9(10(15)16)14-11(17)13-7-5-6-12-3/h8-9,12H,4-7H2,1-3H3,(H,15,16)(H2,13,14,17)/t8-,9-/m0/s1. The van der Waals surface area contributed by atoms with Crippen LogP contribution in [0.15, 0.2) is 0 Å². The topological polar surface area (TPSA) is 90.5 Å². The fourth-order valence-electron chi connectivity index (χ4n) is 1.34. The smallest absolute Gasteiger partial charge is 0.326 e. The van der Waals surface area contributed by atoms with Crippen molar-refractivity contribution in [2.45, 2.75) is 32.7 Å². The summed E-state index contributed by atoms with van der Waals surface area (Å²) in [6, 6.07) is -1.25. The van der Waals surface area contributed by atoms with Crippen molar-refractivity contribution >= 4 is 12.0 Å². The van der Waals surface area contributed by atoms with Crippen LogP contribution in [0.4, 0.5) is 4.79 Å². The molecule has 0 aliphatic carbocycles. The van der Waals surface area contributed by atoms with Crippen molar-refractivity contribution in [2.75, 3.05) is 20.1 Å². The Morgan fingerprint density at radius 2 is 1.94 bits per heavy atom. The lowest BCUT2D eigenvalue weighted by Gasteiger charge is -2.20. The number of carboxylic acid groups (broad SMARTS) is 1. The number of carbonyl (C=O) groups excluding carboxylic acids is 1. The van der Waals surface area contributed by atoms with Crippen LogP contribution in [0.1, 0.15) is 26.7 Å². The number of hydrogen-bond acceptors (Lipinski definition) is 3. The fourth-order valence-corrected chi connectivity index (χ4v) is 1.34. The molecule has 0 saturated carbocycles. The minimum Gasteiger partial charge on any atom is -0.480 e. The van der Waals surface area contributed by atoms with Gasteiger partial charge < -0.3 is 21.1 Å². The first-order valence-electron chi connectivity index (χ1n) is 5.94. The number of carbonyl (C=O) groups is 2. The molecule has 17 heavy (non-hydrogen) atoms. The van der Waals surface area contributed by atoms with Crippen LogP contribution in [-0.4, -0.2) is 43.3 Å². The quantitative estimate of drug-likeness (QED) is 0.466. The van der Waals surface area contributed by atoms with Gasteiger partial charge in [0.1, 0.15) is 6.04 Å². The van der Waals surface area contributed by atoms with Gasteiger partial charge in [-0.25, -0.2) is 9.59 Å². The number of amides is 2. The molecule has 2 atom stereocenters. The molecule has 0 rings (SSSR count). The first-order chi connectivity index (χ1) is 8.02. The minimum atomic E-state index is -0.996. The average Bonchev–Trinajstić information content (AvgIpc) is 2.30. The number of urea groups is 1. The molecule has 0 aromatic carbocycles. The third-order valence-corrected chi connectivity index (χ3v) is 2.65. The molecule has 0 unspecified atom stereocenters. The zero-order valence-electron chi connectivity index (χ0n) is 10.7. The van der Waals surface area contributed by atoms with Gasteiger partial charge in [0.15, 0.2) is 0 Å². The molecule has 0 radical (unpaired) electrons. The van der Waals surface area contributed by atoms with Crippen molar-refractivity contribution in [3.8, 4) is 0 Å². The highest BCUT2D eigenvalue weighted by molar-refractivity contribution is 5.82. The predicted molar refractivity (Wildman–Crippen MR) is 66.0 cm³/mol. The first-order valence-corrected chi connectivity index (χ1v) is 5.94. The monoisotopic (exact) mass is 245 g/mol. The summed E-state index contributed by atoms with van der Waals surface area (Å²) in [5.41, 5.74) is 0. The normalized spacial score (nSPS) is 13.8. The molecule has 100 valence electrons. The molecule has 0 bridgehead atoms. The fraction of sp³-hybridized carbons (Fsp3) is 0.818. The number of aliphatic carboxylic acids is 1. The Balaban J connectivity index is 4.00. The van der Waals surface area contributed by atoms with Gasteiger partial charge in [-0.2, -0.15) is 0 Å². The Bertz CT molecular complexity index is 246. The van der Waals surface area contributed by atoms with E-state index in [1.54, 1.807) is 6.92 Å². The Kier molecular flexibility index (Phi) is 8.13. The van der Waals surface area contributed by atoms with Crippen LogP contribution in [0.3, 0.4) is 0 Å². The SMILES string of the molecule is CC[C@H](C)[C@H](NC(=O)NCCCNC)C(=O)O. The van der Waals surface area contributed by atoms with Crippen molar-refractivity contribution in [3.63, 3.8) is 0 Å². The zero-order valence-corrected chi connectivity index (χ0v) is 10.7. The Hall–Kier alpha value is -1.30. The van der Waals surface area contributed by atoms with E-state index in [0.717, 1.165) is 13.0 Å². The molecule has 2 amide bonds.